The molecule has 0 atom stereocenters. The number of hydrogen-bond acceptors (Lipinski definition) is 1. The summed E-state index contributed by atoms with van der Waals surface area (Å²) in [5.41, 5.74) is 4.74. The maximum Gasteiger partial charge on any atom is 0.250 e. The minimum atomic E-state index is 0.0442. The second-order valence-electron chi connectivity index (χ2n) is 5.51. The van der Waals surface area contributed by atoms with E-state index in [1.54, 1.807) is 17.7 Å². The minimum Gasteiger partial charge on any atom is -0.318 e. The first-order chi connectivity index (χ1) is 10.7. The van der Waals surface area contributed by atoms with Gasteiger partial charge in [0.25, 0.3) is 5.56 Å². The molecule has 2 heteroatoms. The van der Waals surface area contributed by atoms with Gasteiger partial charge in [-0.2, -0.15) is 0 Å². The first-order valence-electron chi connectivity index (χ1n) is 7.53. The summed E-state index contributed by atoms with van der Waals surface area (Å²) in [6.45, 7) is 0. The molecule has 0 spiro atoms. The van der Waals surface area contributed by atoms with Crippen molar-refractivity contribution in [1.82, 2.24) is 4.57 Å². The van der Waals surface area contributed by atoms with Gasteiger partial charge in [0.05, 0.1) is 0 Å². The van der Waals surface area contributed by atoms with Crippen LogP contribution >= 0.6 is 0 Å². The number of benzene rings is 2. The van der Waals surface area contributed by atoms with Crippen LogP contribution in [0.2, 0.25) is 0 Å². The third-order valence-electron chi connectivity index (χ3n) is 3.92. The Balaban J connectivity index is 1.96. The van der Waals surface area contributed by atoms with E-state index in [0.29, 0.717) is 0 Å². The van der Waals surface area contributed by atoms with Crippen molar-refractivity contribution in [3.05, 3.63) is 94.4 Å². The summed E-state index contributed by atoms with van der Waals surface area (Å²) in [4.78, 5) is 12.0. The minimum absolute atomic E-state index is 0.0442. The van der Waals surface area contributed by atoms with Crippen molar-refractivity contribution < 1.29 is 0 Å². The Labute approximate surface area is 130 Å². The lowest BCUT2D eigenvalue weighted by Gasteiger charge is -2.11. The Bertz CT molecular complexity index is 804. The van der Waals surface area contributed by atoms with Crippen LogP contribution in [0.1, 0.15) is 11.1 Å². The van der Waals surface area contributed by atoms with E-state index in [9.17, 15) is 4.79 Å². The Kier molecular flexibility index (Phi) is 4.19. The predicted molar refractivity (Wildman–Crippen MR) is 91.0 cm³/mol. The molecule has 0 bridgehead atoms. The Morgan fingerprint density at radius 1 is 0.864 bits per heavy atom. The van der Waals surface area contributed by atoms with Gasteiger partial charge in [0.1, 0.15) is 0 Å². The molecule has 1 aromatic heterocycles. The first-order valence-corrected chi connectivity index (χ1v) is 7.53. The van der Waals surface area contributed by atoms with Gasteiger partial charge in [0.15, 0.2) is 0 Å². The number of aryl methyl sites for hydroxylation is 3. The Hall–Kier alpha value is -2.61. The monoisotopic (exact) mass is 289 g/mol. The lowest BCUT2D eigenvalue weighted by Crippen LogP contribution is -2.17. The van der Waals surface area contributed by atoms with Gasteiger partial charge in [-0.25, -0.2) is 0 Å². The lowest BCUT2D eigenvalue weighted by molar-refractivity contribution is 0.845. The van der Waals surface area contributed by atoms with Crippen LogP contribution in [0.3, 0.4) is 0 Å². The van der Waals surface area contributed by atoms with Crippen molar-refractivity contribution in [1.29, 1.82) is 0 Å². The standard InChI is InChI=1S/C20H19NO/c1-21-15-19(17-10-6-3-7-11-17)18(14-20(21)22)13-12-16-8-4-2-5-9-16/h2-11,14-15H,12-13H2,1H3. The summed E-state index contributed by atoms with van der Waals surface area (Å²) in [5.74, 6) is 0. The van der Waals surface area contributed by atoms with Gasteiger partial charge >= 0.3 is 0 Å². The van der Waals surface area contributed by atoms with Crippen molar-refractivity contribution in [2.24, 2.45) is 7.05 Å². The zero-order chi connectivity index (χ0) is 15.4. The van der Waals surface area contributed by atoms with E-state index in [4.69, 9.17) is 0 Å². The molecule has 0 radical (unpaired) electrons. The fourth-order valence-corrected chi connectivity index (χ4v) is 2.68. The SMILES string of the molecule is Cn1cc(-c2ccccc2)c(CCc2ccccc2)cc1=O. The maximum atomic E-state index is 12.0. The zero-order valence-corrected chi connectivity index (χ0v) is 12.7. The molecule has 0 fully saturated rings. The van der Waals surface area contributed by atoms with Gasteiger partial charge in [-0.3, -0.25) is 4.79 Å². The summed E-state index contributed by atoms with van der Waals surface area (Å²) in [6.07, 6.45) is 3.75. The van der Waals surface area contributed by atoms with Crippen LogP contribution in [0.15, 0.2) is 77.7 Å². The van der Waals surface area contributed by atoms with Gasteiger partial charge in [0, 0.05) is 24.9 Å². The molecular weight excluding hydrogens is 270 g/mol. The summed E-state index contributed by atoms with van der Waals surface area (Å²) in [6, 6.07) is 22.4. The highest BCUT2D eigenvalue weighted by atomic mass is 16.1. The number of pyridine rings is 1. The zero-order valence-electron chi connectivity index (χ0n) is 12.7. The molecular formula is C20H19NO. The quantitative estimate of drug-likeness (QED) is 0.715. The largest absolute Gasteiger partial charge is 0.318 e. The molecule has 2 aromatic carbocycles. The highest BCUT2D eigenvalue weighted by molar-refractivity contribution is 5.66. The summed E-state index contributed by atoms with van der Waals surface area (Å²) >= 11 is 0. The predicted octanol–water partition coefficient (Wildman–Crippen LogP) is 3.84. The number of aromatic nitrogens is 1. The number of nitrogens with zero attached hydrogens (tertiary/aromatic N) is 1. The topological polar surface area (TPSA) is 22.0 Å². The molecule has 110 valence electrons. The van der Waals surface area contributed by atoms with Crippen molar-refractivity contribution >= 4 is 0 Å². The molecule has 3 rings (SSSR count). The van der Waals surface area contributed by atoms with E-state index in [1.165, 1.54) is 5.56 Å². The third-order valence-corrected chi connectivity index (χ3v) is 3.92. The Morgan fingerprint density at radius 3 is 2.18 bits per heavy atom. The van der Waals surface area contributed by atoms with E-state index < -0.39 is 0 Å². The highest BCUT2D eigenvalue weighted by Crippen LogP contribution is 2.23. The first kappa shape index (κ1) is 14.3. The van der Waals surface area contributed by atoms with Crippen molar-refractivity contribution in [2.75, 3.05) is 0 Å². The van der Waals surface area contributed by atoms with E-state index in [1.807, 2.05) is 30.5 Å². The molecule has 22 heavy (non-hydrogen) atoms. The molecule has 0 saturated heterocycles. The summed E-state index contributed by atoms with van der Waals surface area (Å²) in [7, 11) is 1.80. The van der Waals surface area contributed by atoms with Gasteiger partial charge in [0.2, 0.25) is 0 Å². The molecule has 1 heterocycles. The smallest absolute Gasteiger partial charge is 0.250 e. The molecule has 0 unspecified atom stereocenters. The van der Waals surface area contributed by atoms with Crippen molar-refractivity contribution in [3.63, 3.8) is 0 Å². The molecule has 0 N–H and O–H groups in total. The lowest BCUT2D eigenvalue weighted by atomic mass is 9.97. The van der Waals surface area contributed by atoms with E-state index in [-0.39, 0.29) is 5.56 Å². The van der Waals surface area contributed by atoms with Crippen LogP contribution in [0, 0.1) is 0 Å². The second kappa shape index (κ2) is 6.44. The summed E-state index contributed by atoms with van der Waals surface area (Å²) in [5, 5.41) is 0. The van der Waals surface area contributed by atoms with Crippen LogP contribution < -0.4 is 5.56 Å². The molecule has 0 aliphatic carbocycles. The molecule has 0 aliphatic heterocycles. The van der Waals surface area contributed by atoms with Crippen LogP contribution in [-0.4, -0.2) is 4.57 Å². The average molecular weight is 289 g/mol. The molecule has 3 aromatic rings. The van der Waals surface area contributed by atoms with Crippen LogP contribution in [0.25, 0.3) is 11.1 Å². The van der Waals surface area contributed by atoms with E-state index in [0.717, 1.165) is 29.5 Å². The second-order valence-corrected chi connectivity index (χ2v) is 5.51. The fourth-order valence-electron chi connectivity index (χ4n) is 2.68. The van der Waals surface area contributed by atoms with Crippen molar-refractivity contribution in [2.45, 2.75) is 12.8 Å². The van der Waals surface area contributed by atoms with Gasteiger partial charge in [-0.1, -0.05) is 60.7 Å². The normalized spacial score (nSPS) is 10.6. The molecule has 0 saturated carbocycles. The number of rotatable bonds is 4. The molecule has 0 amide bonds. The van der Waals surface area contributed by atoms with Crippen LogP contribution in [0.5, 0.6) is 0 Å². The van der Waals surface area contributed by atoms with Gasteiger partial charge in [-0.15, -0.1) is 0 Å². The van der Waals surface area contributed by atoms with Gasteiger partial charge in [-0.05, 0) is 29.5 Å². The van der Waals surface area contributed by atoms with E-state index in [2.05, 4.69) is 36.4 Å². The fraction of sp³-hybridized carbons (Fsp3) is 0.150. The van der Waals surface area contributed by atoms with Crippen molar-refractivity contribution in [3.8, 4) is 11.1 Å². The van der Waals surface area contributed by atoms with Crippen LogP contribution in [0.4, 0.5) is 0 Å². The molecule has 2 nitrogen and oxygen atoms in total. The Morgan fingerprint density at radius 2 is 1.50 bits per heavy atom. The van der Waals surface area contributed by atoms with E-state index >= 15 is 0 Å². The highest BCUT2D eigenvalue weighted by Gasteiger charge is 2.08. The third kappa shape index (κ3) is 3.17. The van der Waals surface area contributed by atoms with Crippen LogP contribution in [-0.2, 0) is 19.9 Å². The molecule has 0 aliphatic rings. The summed E-state index contributed by atoms with van der Waals surface area (Å²) < 4.78 is 1.65. The van der Waals surface area contributed by atoms with Gasteiger partial charge < -0.3 is 4.57 Å². The number of hydrogen-bond donors (Lipinski definition) is 0. The maximum absolute atomic E-state index is 12.0. The average Bonchev–Trinajstić information content (AvgIpc) is 2.57.